The van der Waals surface area contributed by atoms with E-state index in [9.17, 15) is 24.0 Å². The topological polar surface area (TPSA) is 169 Å². The fourth-order valence-corrected chi connectivity index (χ4v) is 3.66. The molecule has 0 unspecified atom stereocenters. The largest absolute Gasteiger partial charge is 0.480 e. The van der Waals surface area contributed by atoms with Crippen LogP contribution in [0.2, 0.25) is 0 Å². The van der Waals surface area contributed by atoms with Crippen molar-refractivity contribution in [2.45, 2.75) is 64.8 Å². The van der Waals surface area contributed by atoms with Crippen LogP contribution >= 0.6 is 0 Å². The molecule has 1 saturated heterocycles. The molecule has 1 fully saturated rings. The van der Waals surface area contributed by atoms with Crippen LogP contribution < -0.4 is 21.4 Å². The molecule has 1 aliphatic heterocycles. The third-order valence-corrected chi connectivity index (χ3v) is 5.70. The number of carbonyl (C=O) groups is 5. The molecule has 0 aromatic heterocycles. The Morgan fingerprint density at radius 3 is 2.30 bits per heavy atom. The Labute approximate surface area is 216 Å². The highest BCUT2D eigenvalue weighted by molar-refractivity contribution is 5.97. The highest BCUT2D eigenvalue weighted by Crippen LogP contribution is 2.24. The molecule has 0 spiro atoms. The number of epoxide rings is 1. The van der Waals surface area contributed by atoms with Crippen LogP contribution in [0, 0.1) is 5.92 Å². The van der Waals surface area contributed by atoms with Gasteiger partial charge >= 0.3 is 5.97 Å². The Hall–Kier alpha value is -3.51. The smallest absolute Gasteiger partial charge is 0.325 e. The molecular weight excluding hydrogens is 482 g/mol. The fraction of sp³-hybridized carbons (Fsp3) is 0.560. The van der Waals surface area contributed by atoms with Crippen molar-refractivity contribution in [1.82, 2.24) is 26.4 Å². The lowest BCUT2D eigenvalue weighted by Crippen LogP contribution is -2.58. The van der Waals surface area contributed by atoms with Gasteiger partial charge in [-0.05, 0) is 44.7 Å². The first-order valence-electron chi connectivity index (χ1n) is 12.4. The second kappa shape index (κ2) is 14.3. The molecule has 12 heteroatoms. The molecule has 0 bridgehead atoms. The molecule has 0 saturated carbocycles. The van der Waals surface area contributed by atoms with Gasteiger partial charge in [0.15, 0.2) is 12.2 Å². The molecule has 0 radical (unpaired) electrons. The summed E-state index contributed by atoms with van der Waals surface area (Å²) >= 11 is 0. The van der Waals surface area contributed by atoms with Crippen molar-refractivity contribution < 1.29 is 33.8 Å². The minimum absolute atomic E-state index is 0.0599. The van der Waals surface area contributed by atoms with E-state index in [1.165, 1.54) is 12.5 Å². The molecule has 2 rings (SSSR count). The number of nitrogens with one attached hydrogen (secondary N) is 4. The first-order chi connectivity index (χ1) is 17.5. The molecule has 1 aromatic carbocycles. The van der Waals surface area contributed by atoms with Gasteiger partial charge in [0.25, 0.3) is 17.7 Å². The van der Waals surface area contributed by atoms with Gasteiger partial charge in [-0.3, -0.25) is 29.4 Å². The minimum atomic E-state index is -1.37. The van der Waals surface area contributed by atoms with E-state index in [0.717, 1.165) is 12.8 Å². The third kappa shape index (κ3) is 9.47. The maximum Gasteiger partial charge on any atom is 0.325 e. The highest BCUT2D eigenvalue weighted by Gasteiger charge is 2.52. The van der Waals surface area contributed by atoms with E-state index in [4.69, 9.17) is 9.84 Å². The van der Waals surface area contributed by atoms with E-state index in [2.05, 4.69) is 21.4 Å². The maximum absolute atomic E-state index is 12.9. The maximum atomic E-state index is 12.9. The second-order valence-electron chi connectivity index (χ2n) is 9.16. The molecule has 4 amide bonds. The molecule has 0 aliphatic carbocycles. The normalized spacial score (nSPS) is 17.9. The van der Waals surface area contributed by atoms with Crippen LogP contribution in [0.4, 0.5) is 0 Å². The predicted molar refractivity (Wildman–Crippen MR) is 134 cm³/mol. The van der Waals surface area contributed by atoms with Gasteiger partial charge < -0.3 is 25.8 Å². The molecule has 37 heavy (non-hydrogen) atoms. The van der Waals surface area contributed by atoms with Crippen molar-refractivity contribution in [3.63, 3.8) is 0 Å². The number of likely N-dealkylation sites (N-methyl/N-ethyl adjacent to an activating group) is 1. The van der Waals surface area contributed by atoms with Crippen LogP contribution in [0.15, 0.2) is 30.3 Å². The number of carbonyl (C=O) groups excluding carboxylic acids is 4. The predicted octanol–water partition coefficient (Wildman–Crippen LogP) is -0.414. The lowest BCUT2D eigenvalue weighted by molar-refractivity contribution is -0.151. The number of hydrogen-bond acceptors (Lipinski definition) is 7. The van der Waals surface area contributed by atoms with E-state index >= 15 is 0 Å². The minimum Gasteiger partial charge on any atom is -0.480 e. The zero-order chi connectivity index (χ0) is 27.5. The zero-order valence-corrected chi connectivity index (χ0v) is 21.7. The summed E-state index contributed by atoms with van der Waals surface area (Å²) in [4.78, 5) is 61.3. The summed E-state index contributed by atoms with van der Waals surface area (Å²) in [6.45, 7) is 6.99. The number of nitrogens with zero attached hydrogens (tertiary/aromatic N) is 1. The number of hydrogen-bond donors (Lipinski definition) is 5. The zero-order valence-electron chi connectivity index (χ0n) is 21.7. The molecule has 5 N–H and O–H groups in total. The van der Waals surface area contributed by atoms with Gasteiger partial charge in [-0.15, -0.1) is 0 Å². The number of benzene rings is 1. The summed E-state index contributed by atoms with van der Waals surface area (Å²) in [5.74, 6) is -3.99. The second-order valence-corrected chi connectivity index (χ2v) is 9.16. The Balaban J connectivity index is 1.89. The average molecular weight is 520 g/mol. The number of aryl methyl sites for hydroxylation is 1. The van der Waals surface area contributed by atoms with E-state index in [-0.39, 0.29) is 5.92 Å². The van der Waals surface area contributed by atoms with Crippen LogP contribution in [0.5, 0.6) is 0 Å². The van der Waals surface area contributed by atoms with Gasteiger partial charge in [0, 0.05) is 6.54 Å². The molecule has 1 heterocycles. The monoisotopic (exact) mass is 519 g/mol. The first kappa shape index (κ1) is 29.7. The molecule has 1 aromatic rings. The number of aliphatic carboxylic acids is 1. The lowest BCUT2D eigenvalue weighted by Gasteiger charge is -2.26. The van der Waals surface area contributed by atoms with E-state index in [1.807, 2.05) is 44.2 Å². The van der Waals surface area contributed by atoms with Crippen LogP contribution in [0.25, 0.3) is 0 Å². The Morgan fingerprint density at radius 2 is 1.70 bits per heavy atom. The number of carboxylic acid groups (broad SMARTS) is 1. The molecule has 4 atom stereocenters. The van der Waals surface area contributed by atoms with Gasteiger partial charge in [-0.25, -0.2) is 5.01 Å². The van der Waals surface area contributed by atoms with Crippen molar-refractivity contribution >= 4 is 29.6 Å². The van der Waals surface area contributed by atoms with Crippen LogP contribution in [-0.2, 0) is 35.1 Å². The number of carboxylic acids is 1. The Kier molecular flexibility index (Phi) is 11.5. The number of rotatable bonds is 14. The third-order valence-electron chi connectivity index (χ3n) is 5.70. The molecule has 12 nitrogen and oxygen atoms in total. The number of ether oxygens (including phenoxy) is 1. The number of hydrazine groups is 1. The van der Waals surface area contributed by atoms with Crippen molar-refractivity contribution in [2.24, 2.45) is 5.92 Å². The summed E-state index contributed by atoms with van der Waals surface area (Å²) in [6.07, 6.45) is -0.555. The first-order valence-corrected chi connectivity index (χ1v) is 12.4. The Morgan fingerprint density at radius 1 is 1.03 bits per heavy atom. The summed E-state index contributed by atoms with van der Waals surface area (Å²) in [7, 11) is 0. The molecule has 1 aliphatic rings. The van der Waals surface area contributed by atoms with Crippen molar-refractivity contribution in [3.05, 3.63) is 35.9 Å². The highest BCUT2D eigenvalue weighted by atomic mass is 16.6. The lowest BCUT2D eigenvalue weighted by atomic mass is 10.0. The van der Waals surface area contributed by atoms with Gasteiger partial charge in [0.2, 0.25) is 5.91 Å². The standard InChI is InChI=1S/C25H37N5O7/c1-5-26-24(35)20-21(37-20)25(36)30(14-18(31)32)29-22(33)16(4)28-23(34)19(15(2)3)27-13-9-12-17-10-7-6-8-11-17/h6-8,10-11,15-16,19-21,27H,5,9,12-14H2,1-4H3,(H,26,35)(H,28,34)(H,29,33)(H,31,32)/t16-,19-,20-,21-/m0/s1. The number of amides is 4. The SMILES string of the molecule is CCNC(=O)[C@H]1O[C@@H]1C(=O)N(CC(=O)O)NC(=O)[C@H](C)NC(=O)[C@@H](NCCCc1ccccc1)C(C)C. The van der Waals surface area contributed by atoms with E-state index in [1.54, 1.807) is 6.92 Å². The quantitative estimate of drug-likeness (QED) is 0.125. The van der Waals surface area contributed by atoms with Crippen molar-refractivity contribution in [1.29, 1.82) is 0 Å². The van der Waals surface area contributed by atoms with Crippen LogP contribution in [0.1, 0.15) is 39.7 Å². The van der Waals surface area contributed by atoms with E-state index in [0.29, 0.717) is 18.1 Å². The van der Waals surface area contributed by atoms with Crippen LogP contribution in [-0.4, -0.2) is 83.6 Å². The van der Waals surface area contributed by atoms with Crippen molar-refractivity contribution in [3.8, 4) is 0 Å². The van der Waals surface area contributed by atoms with E-state index < -0.39 is 60.4 Å². The molecule has 204 valence electrons. The summed E-state index contributed by atoms with van der Waals surface area (Å²) in [5, 5.41) is 18.1. The fourth-order valence-electron chi connectivity index (χ4n) is 3.66. The molecular formula is C25H37N5O7. The average Bonchev–Trinajstić information content (AvgIpc) is 3.64. The van der Waals surface area contributed by atoms with Crippen LogP contribution in [0.3, 0.4) is 0 Å². The Bertz CT molecular complexity index is 956. The van der Waals surface area contributed by atoms with Gasteiger partial charge in [0.05, 0.1) is 6.04 Å². The van der Waals surface area contributed by atoms with Crippen molar-refractivity contribution in [2.75, 3.05) is 19.6 Å². The van der Waals surface area contributed by atoms with Gasteiger partial charge in [-0.1, -0.05) is 44.2 Å². The summed E-state index contributed by atoms with van der Waals surface area (Å²) in [5.41, 5.74) is 3.43. The van der Waals surface area contributed by atoms with Gasteiger partial charge in [0.1, 0.15) is 12.6 Å². The van der Waals surface area contributed by atoms with Gasteiger partial charge in [-0.2, -0.15) is 0 Å². The summed E-state index contributed by atoms with van der Waals surface area (Å²) < 4.78 is 5.07. The summed E-state index contributed by atoms with van der Waals surface area (Å²) in [6, 6.07) is 8.37.